The van der Waals surface area contributed by atoms with Gasteiger partial charge in [0.05, 0.1) is 6.42 Å². The monoisotopic (exact) mass is 461 g/mol. The third kappa shape index (κ3) is 5.67. The number of nitrogens with one attached hydrogen (secondary N) is 3. The molecule has 0 bridgehead atoms. The maximum Gasteiger partial charge on any atom is 0.224 e. The summed E-state index contributed by atoms with van der Waals surface area (Å²) in [6.45, 7) is 0.200. The van der Waals surface area contributed by atoms with Gasteiger partial charge in [0.1, 0.15) is 11.5 Å². The highest BCUT2D eigenvalue weighted by Crippen LogP contribution is 2.31. The normalized spacial score (nSPS) is 13.7. The van der Waals surface area contributed by atoms with Crippen LogP contribution in [-0.2, 0) is 20.9 Å². The fraction of sp³-hybridized carbons (Fsp3) is 0.167. The van der Waals surface area contributed by atoms with Gasteiger partial charge in [-0.05, 0) is 29.3 Å². The Morgan fingerprint density at radius 3 is 2.21 bits per heavy atom. The highest BCUT2D eigenvalue weighted by molar-refractivity contribution is 6.38. The lowest BCUT2D eigenvalue weighted by Crippen LogP contribution is -2.37. The average Bonchev–Trinajstić information content (AvgIpc) is 2.75. The fourth-order valence-corrected chi connectivity index (χ4v) is 3.55. The highest BCUT2D eigenvalue weighted by atomic mass is 16.2. The van der Waals surface area contributed by atoms with Crippen molar-refractivity contribution in [1.29, 1.82) is 5.41 Å². The standard InChI is InChI=1S/C24H27N7O3/c1-31(2)30-19-11-20(32)22(15-7-16(25)9-17(26)8-15)18(23(19)34)10-21(33)29-12-13-3-5-14(6-4-13)24(27)28/h3-9,11,30H,10,12,25-26H2,1-2H3,(H3,27,28)(H,29,33). The molecule has 3 rings (SSSR count). The molecule has 0 radical (unpaired) electrons. The average molecular weight is 462 g/mol. The fourth-order valence-electron chi connectivity index (χ4n) is 3.55. The summed E-state index contributed by atoms with van der Waals surface area (Å²) in [5.41, 5.74) is 22.7. The molecule has 0 saturated carbocycles. The lowest BCUT2D eigenvalue weighted by Gasteiger charge is -2.23. The molecule has 34 heavy (non-hydrogen) atoms. The molecule has 0 unspecified atom stereocenters. The summed E-state index contributed by atoms with van der Waals surface area (Å²) in [4.78, 5) is 39.0. The zero-order valence-corrected chi connectivity index (χ0v) is 18.9. The molecule has 1 aliphatic rings. The van der Waals surface area contributed by atoms with E-state index in [1.807, 2.05) is 0 Å². The number of nitrogens with zero attached hydrogens (tertiary/aromatic N) is 1. The number of amidine groups is 1. The molecular weight excluding hydrogens is 434 g/mol. The molecule has 10 nitrogen and oxygen atoms in total. The Hall–Kier alpha value is -4.44. The van der Waals surface area contributed by atoms with E-state index in [9.17, 15) is 14.4 Å². The van der Waals surface area contributed by atoms with Gasteiger partial charge < -0.3 is 27.9 Å². The van der Waals surface area contributed by atoms with Gasteiger partial charge >= 0.3 is 0 Å². The van der Waals surface area contributed by atoms with Crippen molar-refractivity contribution >= 4 is 40.3 Å². The lowest BCUT2D eigenvalue weighted by atomic mass is 9.86. The maximum absolute atomic E-state index is 13.2. The second-order valence-electron chi connectivity index (χ2n) is 8.06. The molecule has 1 aliphatic carbocycles. The first kappa shape index (κ1) is 24.2. The lowest BCUT2D eigenvalue weighted by molar-refractivity contribution is -0.122. The Bertz CT molecular complexity index is 1210. The molecule has 2 aromatic carbocycles. The summed E-state index contributed by atoms with van der Waals surface area (Å²) in [5, 5.41) is 11.7. The quantitative estimate of drug-likeness (QED) is 0.109. The number of benzene rings is 2. The van der Waals surface area contributed by atoms with E-state index in [4.69, 9.17) is 22.6 Å². The van der Waals surface area contributed by atoms with Gasteiger partial charge in [0.25, 0.3) is 0 Å². The Kier molecular flexibility index (Phi) is 7.12. The minimum absolute atomic E-state index is 0.0475. The van der Waals surface area contributed by atoms with Crippen LogP contribution in [0.2, 0.25) is 0 Å². The van der Waals surface area contributed by atoms with E-state index in [1.54, 1.807) is 50.5 Å². The number of rotatable bonds is 8. The maximum atomic E-state index is 13.2. The van der Waals surface area contributed by atoms with E-state index in [2.05, 4.69) is 10.7 Å². The molecule has 1 amide bonds. The molecule has 0 aromatic heterocycles. The first-order valence-electron chi connectivity index (χ1n) is 10.4. The van der Waals surface area contributed by atoms with Crippen LogP contribution in [0.1, 0.15) is 23.1 Å². The molecule has 0 aliphatic heterocycles. The van der Waals surface area contributed by atoms with Gasteiger partial charge in [0, 0.05) is 54.8 Å². The van der Waals surface area contributed by atoms with Gasteiger partial charge in [-0.3, -0.25) is 19.8 Å². The van der Waals surface area contributed by atoms with Crippen molar-refractivity contribution in [3.8, 4) is 0 Å². The van der Waals surface area contributed by atoms with Crippen LogP contribution >= 0.6 is 0 Å². The van der Waals surface area contributed by atoms with E-state index >= 15 is 0 Å². The van der Waals surface area contributed by atoms with Crippen LogP contribution in [0.25, 0.3) is 5.57 Å². The van der Waals surface area contributed by atoms with Crippen LogP contribution in [0.4, 0.5) is 11.4 Å². The highest BCUT2D eigenvalue weighted by Gasteiger charge is 2.31. The Morgan fingerprint density at radius 1 is 1.03 bits per heavy atom. The molecule has 2 aromatic rings. The van der Waals surface area contributed by atoms with Crippen molar-refractivity contribution in [3.63, 3.8) is 0 Å². The van der Waals surface area contributed by atoms with E-state index in [0.717, 1.165) is 5.56 Å². The number of Topliss-reactive ketones (excluding diaryl/α,β-unsaturated/α-hetero) is 1. The molecule has 9 N–H and O–H groups in total. The number of hydrogen-bond acceptors (Lipinski definition) is 8. The Balaban J connectivity index is 1.88. The van der Waals surface area contributed by atoms with Gasteiger partial charge in [0.15, 0.2) is 5.78 Å². The van der Waals surface area contributed by atoms with Gasteiger partial charge in [-0.2, -0.15) is 0 Å². The van der Waals surface area contributed by atoms with Gasteiger partial charge in [-0.25, -0.2) is 5.01 Å². The second-order valence-corrected chi connectivity index (χ2v) is 8.06. The van der Waals surface area contributed by atoms with Crippen LogP contribution in [0.15, 0.2) is 59.8 Å². The van der Waals surface area contributed by atoms with Crippen LogP contribution < -0.4 is 27.9 Å². The van der Waals surface area contributed by atoms with E-state index in [-0.39, 0.29) is 35.6 Å². The summed E-state index contributed by atoms with van der Waals surface area (Å²) >= 11 is 0. The number of carbonyl (C=O) groups is 3. The van der Waals surface area contributed by atoms with Crippen molar-refractivity contribution in [3.05, 3.63) is 76.5 Å². The summed E-state index contributed by atoms with van der Waals surface area (Å²) in [7, 11) is 3.36. The number of hydrogen-bond donors (Lipinski definition) is 6. The first-order chi connectivity index (χ1) is 16.0. The second kappa shape index (κ2) is 10.0. The molecule has 0 atom stereocenters. The Labute approximate surface area is 197 Å². The first-order valence-corrected chi connectivity index (χ1v) is 10.4. The van der Waals surface area contributed by atoms with E-state index in [1.165, 1.54) is 17.2 Å². The largest absolute Gasteiger partial charge is 0.399 e. The smallest absolute Gasteiger partial charge is 0.224 e. The number of amides is 1. The number of carbonyl (C=O) groups excluding carboxylic acids is 3. The molecular formula is C24H27N7O3. The minimum Gasteiger partial charge on any atom is -0.399 e. The van der Waals surface area contributed by atoms with Gasteiger partial charge in [-0.1, -0.05) is 24.3 Å². The summed E-state index contributed by atoms with van der Waals surface area (Å²) in [5.74, 6) is -1.39. The molecule has 0 saturated heterocycles. The summed E-state index contributed by atoms with van der Waals surface area (Å²) in [6.07, 6.45) is 0.890. The SMILES string of the molecule is CN(C)NC1=CC(=O)C(c2cc(N)cc(N)c2)=C(CC(=O)NCc2ccc(C(=N)N)cc2)C1=O. The third-order valence-corrected chi connectivity index (χ3v) is 5.04. The van der Waals surface area contributed by atoms with Crippen molar-refractivity contribution in [2.24, 2.45) is 5.73 Å². The molecule has 10 heteroatoms. The summed E-state index contributed by atoms with van der Waals surface area (Å²) < 4.78 is 0. The number of allylic oxidation sites excluding steroid dienone is 3. The molecule has 176 valence electrons. The predicted molar refractivity (Wildman–Crippen MR) is 131 cm³/mol. The number of ketones is 2. The zero-order valence-electron chi connectivity index (χ0n) is 18.9. The molecule has 0 fully saturated rings. The van der Waals surface area contributed by atoms with Gasteiger partial charge in [0.2, 0.25) is 11.7 Å². The van der Waals surface area contributed by atoms with E-state index < -0.39 is 17.5 Å². The van der Waals surface area contributed by atoms with Crippen LogP contribution in [0, 0.1) is 5.41 Å². The van der Waals surface area contributed by atoms with Crippen molar-refractivity contribution in [2.75, 3.05) is 25.6 Å². The topological polar surface area (TPSA) is 180 Å². The van der Waals surface area contributed by atoms with E-state index in [0.29, 0.717) is 22.5 Å². The zero-order chi connectivity index (χ0) is 25.0. The predicted octanol–water partition coefficient (Wildman–Crippen LogP) is 0.697. The Morgan fingerprint density at radius 2 is 1.65 bits per heavy atom. The minimum atomic E-state index is -0.467. The number of nitrogens with two attached hydrogens (primary N) is 3. The van der Waals surface area contributed by atoms with Crippen molar-refractivity contribution in [2.45, 2.75) is 13.0 Å². The van der Waals surface area contributed by atoms with Gasteiger partial charge in [-0.15, -0.1) is 0 Å². The number of nitrogen functional groups attached to an aromatic ring is 3. The summed E-state index contributed by atoms with van der Waals surface area (Å²) in [6, 6.07) is 11.5. The van der Waals surface area contributed by atoms with Crippen LogP contribution in [0.3, 0.4) is 0 Å². The van der Waals surface area contributed by atoms with Crippen LogP contribution in [0.5, 0.6) is 0 Å². The van der Waals surface area contributed by atoms with Crippen LogP contribution in [-0.4, -0.2) is 42.4 Å². The third-order valence-electron chi connectivity index (χ3n) is 5.04. The van der Waals surface area contributed by atoms with Crippen molar-refractivity contribution < 1.29 is 14.4 Å². The molecule has 0 spiro atoms. The van der Waals surface area contributed by atoms with Crippen molar-refractivity contribution in [1.82, 2.24) is 15.8 Å². The number of anilines is 2. The molecule has 0 heterocycles. The number of hydrazine groups is 1.